The summed E-state index contributed by atoms with van der Waals surface area (Å²) in [5, 5.41) is 0. The molecule has 0 unspecified atom stereocenters. The number of nitrogens with zero attached hydrogens (tertiary/aromatic N) is 1. The van der Waals surface area contributed by atoms with E-state index >= 15 is 0 Å². The van der Waals surface area contributed by atoms with E-state index in [1.165, 1.54) is 16.4 Å². The smallest absolute Gasteiger partial charge is 0.243 e. The van der Waals surface area contributed by atoms with E-state index in [1.54, 1.807) is 0 Å². The van der Waals surface area contributed by atoms with E-state index in [0.29, 0.717) is 12.1 Å². The van der Waals surface area contributed by atoms with Crippen LogP contribution in [0.4, 0.5) is 4.39 Å². The van der Waals surface area contributed by atoms with Crippen LogP contribution >= 0.6 is 0 Å². The van der Waals surface area contributed by atoms with Gasteiger partial charge in [-0.1, -0.05) is 25.8 Å². The minimum atomic E-state index is -3.69. The summed E-state index contributed by atoms with van der Waals surface area (Å²) in [6.45, 7) is 2.29. The molecule has 0 aromatic heterocycles. The van der Waals surface area contributed by atoms with Crippen molar-refractivity contribution in [1.29, 1.82) is 0 Å². The normalized spacial score (nSPS) is 17.0. The quantitative estimate of drug-likeness (QED) is 0.907. The Morgan fingerprint density at radius 1 is 1.35 bits per heavy atom. The SMILES string of the molecule is CCN(C1CCCC1)S(=O)(=O)c1cc(F)ccc1CN. The molecule has 0 amide bonds. The van der Waals surface area contributed by atoms with Gasteiger partial charge in [-0.3, -0.25) is 0 Å². The highest BCUT2D eigenvalue weighted by molar-refractivity contribution is 7.89. The molecular formula is C14H21FN2O2S. The second kappa shape index (κ2) is 6.20. The van der Waals surface area contributed by atoms with Gasteiger partial charge in [0.2, 0.25) is 10.0 Å². The van der Waals surface area contributed by atoms with Gasteiger partial charge in [0.15, 0.2) is 0 Å². The van der Waals surface area contributed by atoms with Gasteiger partial charge in [0, 0.05) is 19.1 Å². The fourth-order valence-electron chi connectivity index (χ4n) is 2.88. The van der Waals surface area contributed by atoms with Crippen LogP contribution in [-0.2, 0) is 16.6 Å². The highest BCUT2D eigenvalue weighted by Gasteiger charge is 2.33. The van der Waals surface area contributed by atoms with E-state index in [4.69, 9.17) is 5.73 Å². The number of hydrogen-bond donors (Lipinski definition) is 1. The van der Waals surface area contributed by atoms with Gasteiger partial charge in [0.05, 0.1) is 4.90 Å². The Bertz CT molecular complexity index is 569. The van der Waals surface area contributed by atoms with Crippen LogP contribution < -0.4 is 5.73 Å². The summed E-state index contributed by atoms with van der Waals surface area (Å²) >= 11 is 0. The summed E-state index contributed by atoms with van der Waals surface area (Å²) in [6, 6.07) is 3.80. The Labute approximate surface area is 119 Å². The van der Waals surface area contributed by atoms with Gasteiger partial charge in [0.25, 0.3) is 0 Å². The molecule has 0 heterocycles. The fourth-order valence-corrected chi connectivity index (χ4v) is 4.82. The average molecular weight is 300 g/mol. The van der Waals surface area contributed by atoms with Crippen molar-refractivity contribution in [3.63, 3.8) is 0 Å². The summed E-state index contributed by atoms with van der Waals surface area (Å²) in [5.41, 5.74) is 6.05. The zero-order chi connectivity index (χ0) is 14.8. The average Bonchev–Trinajstić information content (AvgIpc) is 2.93. The molecule has 0 bridgehead atoms. The molecule has 2 rings (SSSR count). The van der Waals surface area contributed by atoms with Crippen LogP contribution in [0.5, 0.6) is 0 Å². The van der Waals surface area contributed by atoms with Crippen molar-refractivity contribution in [3.05, 3.63) is 29.6 Å². The minimum absolute atomic E-state index is 0.00810. The van der Waals surface area contributed by atoms with Crippen molar-refractivity contribution in [2.24, 2.45) is 5.73 Å². The maximum Gasteiger partial charge on any atom is 0.243 e. The number of nitrogens with two attached hydrogens (primary N) is 1. The van der Waals surface area contributed by atoms with E-state index in [2.05, 4.69) is 0 Å². The van der Waals surface area contributed by atoms with Gasteiger partial charge in [-0.25, -0.2) is 12.8 Å². The molecule has 2 N–H and O–H groups in total. The molecule has 1 aromatic rings. The monoisotopic (exact) mass is 300 g/mol. The van der Waals surface area contributed by atoms with E-state index in [-0.39, 0.29) is 17.5 Å². The third-order valence-electron chi connectivity index (χ3n) is 3.88. The van der Waals surface area contributed by atoms with Crippen molar-refractivity contribution in [3.8, 4) is 0 Å². The van der Waals surface area contributed by atoms with Crippen molar-refractivity contribution >= 4 is 10.0 Å². The third kappa shape index (κ3) is 2.87. The molecule has 1 aromatic carbocycles. The highest BCUT2D eigenvalue weighted by Crippen LogP contribution is 2.30. The number of benzene rings is 1. The molecule has 0 radical (unpaired) electrons. The summed E-state index contributed by atoms with van der Waals surface area (Å²) in [5.74, 6) is -0.553. The summed E-state index contributed by atoms with van der Waals surface area (Å²) in [6.07, 6.45) is 3.84. The maximum atomic E-state index is 13.4. The predicted molar refractivity (Wildman–Crippen MR) is 76.1 cm³/mol. The first-order valence-corrected chi connectivity index (χ1v) is 8.45. The van der Waals surface area contributed by atoms with Crippen molar-refractivity contribution in [2.75, 3.05) is 6.54 Å². The van der Waals surface area contributed by atoms with E-state index in [9.17, 15) is 12.8 Å². The van der Waals surface area contributed by atoms with Crippen molar-refractivity contribution < 1.29 is 12.8 Å². The van der Waals surface area contributed by atoms with E-state index < -0.39 is 15.8 Å². The molecule has 0 aliphatic heterocycles. The largest absolute Gasteiger partial charge is 0.326 e. The minimum Gasteiger partial charge on any atom is -0.326 e. The van der Waals surface area contributed by atoms with Crippen LogP contribution in [0.3, 0.4) is 0 Å². The lowest BCUT2D eigenvalue weighted by Crippen LogP contribution is -2.39. The molecule has 0 spiro atoms. The van der Waals surface area contributed by atoms with Crippen LogP contribution in [0, 0.1) is 5.82 Å². The maximum absolute atomic E-state index is 13.4. The number of halogens is 1. The number of rotatable bonds is 5. The van der Waals surface area contributed by atoms with Crippen molar-refractivity contribution in [1.82, 2.24) is 4.31 Å². The Hall–Kier alpha value is -0.980. The lowest BCUT2D eigenvalue weighted by molar-refractivity contribution is 0.335. The molecule has 0 saturated heterocycles. The zero-order valence-corrected chi connectivity index (χ0v) is 12.5. The fraction of sp³-hybridized carbons (Fsp3) is 0.571. The molecule has 6 heteroatoms. The van der Waals surface area contributed by atoms with Gasteiger partial charge in [-0.15, -0.1) is 0 Å². The van der Waals surface area contributed by atoms with E-state index in [1.807, 2.05) is 6.92 Å². The second-order valence-corrected chi connectivity index (χ2v) is 6.96. The van der Waals surface area contributed by atoms with Crippen molar-refractivity contribution in [2.45, 2.75) is 50.1 Å². The first-order chi connectivity index (χ1) is 9.50. The Kier molecular flexibility index (Phi) is 4.78. The summed E-state index contributed by atoms with van der Waals surface area (Å²) < 4.78 is 40.5. The third-order valence-corrected chi connectivity index (χ3v) is 5.99. The van der Waals surface area contributed by atoms with E-state index in [0.717, 1.165) is 31.7 Å². The van der Waals surface area contributed by atoms with Crippen LogP contribution in [-0.4, -0.2) is 25.3 Å². The molecule has 20 heavy (non-hydrogen) atoms. The molecule has 1 fully saturated rings. The van der Waals surface area contributed by atoms with Gasteiger partial charge in [-0.2, -0.15) is 4.31 Å². The Morgan fingerprint density at radius 3 is 2.55 bits per heavy atom. The molecule has 1 aliphatic carbocycles. The molecule has 1 saturated carbocycles. The summed E-state index contributed by atoms with van der Waals surface area (Å²) in [7, 11) is -3.69. The standard InChI is InChI=1S/C14H21FN2O2S/c1-2-17(13-5-3-4-6-13)20(18,19)14-9-12(15)8-7-11(14)10-16/h7-9,13H,2-6,10,16H2,1H3. The first kappa shape index (κ1) is 15.4. The summed E-state index contributed by atoms with van der Waals surface area (Å²) in [4.78, 5) is 0.00810. The van der Waals surface area contributed by atoms with Crippen LogP contribution in [0.1, 0.15) is 38.2 Å². The molecular weight excluding hydrogens is 279 g/mol. The zero-order valence-electron chi connectivity index (χ0n) is 11.7. The van der Waals surface area contributed by atoms with Gasteiger partial charge in [-0.05, 0) is 30.5 Å². The topological polar surface area (TPSA) is 63.4 Å². The number of hydrogen-bond acceptors (Lipinski definition) is 3. The lowest BCUT2D eigenvalue weighted by atomic mass is 10.2. The molecule has 112 valence electrons. The molecule has 1 aliphatic rings. The molecule has 0 atom stereocenters. The Morgan fingerprint density at radius 2 is 2.00 bits per heavy atom. The van der Waals surface area contributed by atoms with Crippen LogP contribution in [0.15, 0.2) is 23.1 Å². The second-order valence-electron chi connectivity index (χ2n) is 5.10. The lowest BCUT2D eigenvalue weighted by Gasteiger charge is -2.27. The van der Waals surface area contributed by atoms with Crippen LogP contribution in [0.2, 0.25) is 0 Å². The van der Waals surface area contributed by atoms with Gasteiger partial charge in [0.1, 0.15) is 5.82 Å². The Balaban J connectivity index is 2.44. The first-order valence-electron chi connectivity index (χ1n) is 7.01. The highest BCUT2D eigenvalue weighted by atomic mass is 32.2. The number of sulfonamides is 1. The predicted octanol–water partition coefficient (Wildman–Crippen LogP) is 2.24. The van der Waals surface area contributed by atoms with Crippen LogP contribution in [0.25, 0.3) is 0 Å². The molecule has 4 nitrogen and oxygen atoms in total. The van der Waals surface area contributed by atoms with Gasteiger partial charge < -0.3 is 5.73 Å². The van der Waals surface area contributed by atoms with Gasteiger partial charge >= 0.3 is 0 Å².